The molecule has 0 saturated heterocycles. The van der Waals surface area contributed by atoms with Crippen molar-refractivity contribution >= 4 is 15.9 Å². The Morgan fingerprint density at radius 1 is 1.25 bits per heavy atom. The molecule has 0 bridgehead atoms. The predicted octanol–water partition coefficient (Wildman–Crippen LogP) is 3.23. The summed E-state index contributed by atoms with van der Waals surface area (Å²) < 4.78 is 0.894. The Morgan fingerprint density at radius 2 is 2.00 bits per heavy atom. The van der Waals surface area contributed by atoms with Gasteiger partial charge in [-0.2, -0.15) is 0 Å². The van der Waals surface area contributed by atoms with Crippen LogP contribution in [-0.2, 0) is 0 Å². The van der Waals surface area contributed by atoms with Gasteiger partial charge in [0.05, 0.1) is 5.69 Å². The van der Waals surface area contributed by atoms with Gasteiger partial charge in [0.2, 0.25) is 0 Å². The smallest absolute Gasteiger partial charge is 0.122 e. The summed E-state index contributed by atoms with van der Waals surface area (Å²) >= 11 is 3.42. The van der Waals surface area contributed by atoms with E-state index in [0.29, 0.717) is 5.69 Å². The van der Waals surface area contributed by atoms with Crippen molar-refractivity contribution in [2.45, 2.75) is 13.0 Å². The molecule has 0 saturated carbocycles. The Balaban J connectivity index is 2.39. The van der Waals surface area contributed by atoms with Gasteiger partial charge in [0.15, 0.2) is 0 Å². The lowest BCUT2D eigenvalue weighted by atomic mass is 10.1. The fourth-order valence-corrected chi connectivity index (χ4v) is 2.07. The summed E-state index contributed by atoms with van der Waals surface area (Å²) in [6.45, 7) is 1.98. The molecule has 0 spiro atoms. The molecule has 2 nitrogen and oxygen atoms in total. The van der Waals surface area contributed by atoms with Gasteiger partial charge in [-0.15, -0.1) is 0 Å². The van der Waals surface area contributed by atoms with Gasteiger partial charge in [-0.25, -0.2) is 0 Å². The van der Waals surface area contributed by atoms with Crippen LogP contribution in [0.15, 0.2) is 47.1 Å². The number of aryl methyl sites for hydroxylation is 1. The highest BCUT2D eigenvalue weighted by Gasteiger charge is 2.14. The van der Waals surface area contributed by atoms with Crippen LogP contribution < -0.4 is 0 Å². The lowest BCUT2D eigenvalue weighted by Crippen LogP contribution is -2.03. The van der Waals surface area contributed by atoms with Crippen molar-refractivity contribution in [2.75, 3.05) is 0 Å². The molecule has 0 aliphatic carbocycles. The summed E-state index contributed by atoms with van der Waals surface area (Å²) in [4.78, 5) is 4.19. The number of aromatic nitrogens is 1. The topological polar surface area (TPSA) is 33.1 Å². The van der Waals surface area contributed by atoms with Gasteiger partial charge in [-0.1, -0.05) is 34.1 Å². The molecule has 2 rings (SSSR count). The molecule has 1 aromatic carbocycles. The fraction of sp³-hybridized carbons (Fsp3) is 0.154. The van der Waals surface area contributed by atoms with E-state index in [9.17, 15) is 5.11 Å². The van der Waals surface area contributed by atoms with Gasteiger partial charge in [-0.05, 0) is 30.7 Å². The molecule has 1 atom stereocenters. The van der Waals surface area contributed by atoms with Gasteiger partial charge in [0.25, 0.3) is 0 Å². The standard InChI is InChI=1S/C13H12BrNO/c1-9-6-7-15-12(8-9)13(16)10-4-2-3-5-11(10)14/h2-8,13,16H,1H3. The quantitative estimate of drug-likeness (QED) is 0.914. The molecule has 3 heteroatoms. The van der Waals surface area contributed by atoms with E-state index in [-0.39, 0.29) is 0 Å². The molecule has 16 heavy (non-hydrogen) atoms. The zero-order chi connectivity index (χ0) is 11.5. The molecule has 0 amide bonds. The van der Waals surface area contributed by atoms with E-state index >= 15 is 0 Å². The average Bonchev–Trinajstić information content (AvgIpc) is 2.29. The lowest BCUT2D eigenvalue weighted by molar-refractivity contribution is 0.214. The van der Waals surface area contributed by atoms with Crippen LogP contribution in [0.2, 0.25) is 0 Å². The maximum Gasteiger partial charge on any atom is 0.122 e. The summed E-state index contributed by atoms with van der Waals surface area (Å²) in [7, 11) is 0. The van der Waals surface area contributed by atoms with Crippen LogP contribution in [0.4, 0.5) is 0 Å². The highest BCUT2D eigenvalue weighted by Crippen LogP contribution is 2.27. The van der Waals surface area contributed by atoms with E-state index in [2.05, 4.69) is 20.9 Å². The molecule has 1 N–H and O–H groups in total. The molecular formula is C13H12BrNO. The van der Waals surface area contributed by atoms with Gasteiger partial charge < -0.3 is 5.11 Å². The molecule has 1 aromatic heterocycles. The van der Waals surface area contributed by atoms with E-state index in [4.69, 9.17) is 0 Å². The monoisotopic (exact) mass is 277 g/mol. The second-order valence-corrected chi connectivity index (χ2v) is 4.54. The number of pyridine rings is 1. The summed E-state index contributed by atoms with van der Waals surface area (Å²) in [6.07, 6.45) is 1.03. The van der Waals surface area contributed by atoms with Gasteiger partial charge in [0, 0.05) is 16.2 Å². The maximum absolute atomic E-state index is 10.2. The number of halogens is 1. The van der Waals surface area contributed by atoms with E-state index in [1.807, 2.05) is 43.3 Å². The van der Waals surface area contributed by atoms with E-state index in [1.54, 1.807) is 6.20 Å². The number of aliphatic hydroxyl groups is 1. The number of aliphatic hydroxyl groups excluding tert-OH is 1. The summed E-state index contributed by atoms with van der Waals surface area (Å²) in [6, 6.07) is 11.4. The Kier molecular flexibility index (Phi) is 3.36. The van der Waals surface area contributed by atoms with Gasteiger partial charge >= 0.3 is 0 Å². The van der Waals surface area contributed by atoms with E-state index in [1.165, 1.54) is 0 Å². The average molecular weight is 278 g/mol. The first kappa shape index (κ1) is 11.3. The number of nitrogens with zero attached hydrogens (tertiary/aromatic N) is 1. The summed E-state index contributed by atoms with van der Waals surface area (Å²) in [5.41, 5.74) is 2.60. The van der Waals surface area contributed by atoms with Crippen LogP contribution in [0.3, 0.4) is 0 Å². The molecule has 82 valence electrons. The van der Waals surface area contributed by atoms with Crippen molar-refractivity contribution in [1.82, 2.24) is 4.98 Å². The van der Waals surface area contributed by atoms with Crippen molar-refractivity contribution < 1.29 is 5.11 Å². The third-order valence-electron chi connectivity index (χ3n) is 2.42. The van der Waals surface area contributed by atoms with Gasteiger partial charge in [-0.3, -0.25) is 4.98 Å². The Morgan fingerprint density at radius 3 is 2.69 bits per heavy atom. The molecule has 2 aromatic rings. The number of benzene rings is 1. The molecular weight excluding hydrogens is 266 g/mol. The van der Waals surface area contributed by atoms with E-state index in [0.717, 1.165) is 15.6 Å². The largest absolute Gasteiger partial charge is 0.382 e. The van der Waals surface area contributed by atoms with Crippen LogP contribution >= 0.6 is 15.9 Å². The van der Waals surface area contributed by atoms with Crippen LogP contribution in [0.1, 0.15) is 22.9 Å². The third-order valence-corrected chi connectivity index (χ3v) is 3.14. The van der Waals surface area contributed by atoms with Crippen molar-refractivity contribution in [3.63, 3.8) is 0 Å². The SMILES string of the molecule is Cc1ccnc(C(O)c2ccccc2Br)c1. The minimum Gasteiger partial charge on any atom is -0.382 e. The summed E-state index contributed by atoms with van der Waals surface area (Å²) in [5.74, 6) is 0. The second-order valence-electron chi connectivity index (χ2n) is 3.68. The molecule has 0 fully saturated rings. The minimum atomic E-state index is -0.685. The Labute approximate surface area is 103 Å². The fourth-order valence-electron chi connectivity index (χ4n) is 1.57. The lowest BCUT2D eigenvalue weighted by Gasteiger charge is -2.12. The predicted molar refractivity (Wildman–Crippen MR) is 67.2 cm³/mol. The third kappa shape index (κ3) is 2.31. The Hall–Kier alpha value is -1.19. The number of hydrogen-bond donors (Lipinski definition) is 1. The Bertz CT molecular complexity index is 499. The normalized spacial score (nSPS) is 12.4. The number of rotatable bonds is 2. The van der Waals surface area contributed by atoms with Crippen molar-refractivity contribution in [1.29, 1.82) is 0 Å². The van der Waals surface area contributed by atoms with Crippen LogP contribution in [-0.4, -0.2) is 10.1 Å². The van der Waals surface area contributed by atoms with Crippen molar-refractivity contribution in [3.05, 3.63) is 63.9 Å². The first-order valence-corrected chi connectivity index (χ1v) is 5.83. The highest BCUT2D eigenvalue weighted by molar-refractivity contribution is 9.10. The van der Waals surface area contributed by atoms with Gasteiger partial charge in [0.1, 0.15) is 6.10 Å². The highest BCUT2D eigenvalue weighted by atomic mass is 79.9. The van der Waals surface area contributed by atoms with Crippen molar-refractivity contribution in [2.24, 2.45) is 0 Å². The zero-order valence-electron chi connectivity index (χ0n) is 8.89. The van der Waals surface area contributed by atoms with Crippen LogP contribution in [0.25, 0.3) is 0 Å². The van der Waals surface area contributed by atoms with Crippen LogP contribution in [0, 0.1) is 6.92 Å². The molecule has 0 radical (unpaired) electrons. The molecule has 0 aliphatic heterocycles. The molecule has 1 unspecified atom stereocenters. The second kappa shape index (κ2) is 4.76. The molecule has 1 heterocycles. The van der Waals surface area contributed by atoms with Crippen molar-refractivity contribution in [3.8, 4) is 0 Å². The maximum atomic E-state index is 10.2. The summed E-state index contributed by atoms with van der Waals surface area (Å²) in [5, 5.41) is 10.2. The minimum absolute atomic E-state index is 0.673. The van der Waals surface area contributed by atoms with Crippen LogP contribution in [0.5, 0.6) is 0 Å². The molecule has 0 aliphatic rings. The number of hydrogen-bond acceptors (Lipinski definition) is 2. The first-order chi connectivity index (χ1) is 7.68. The zero-order valence-corrected chi connectivity index (χ0v) is 10.5. The van der Waals surface area contributed by atoms with E-state index < -0.39 is 6.10 Å². The first-order valence-electron chi connectivity index (χ1n) is 5.03.